The fraction of sp³-hybridized carbons (Fsp3) is 0.455. The van der Waals surface area contributed by atoms with Gasteiger partial charge in [0, 0.05) is 20.7 Å². The first-order chi connectivity index (χ1) is 24.8. The van der Waals surface area contributed by atoms with E-state index in [9.17, 15) is 0 Å². The predicted molar refractivity (Wildman–Crippen MR) is 217 cm³/mol. The van der Waals surface area contributed by atoms with Gasteiger partial charge in [0.1, 0.15) is 23.0 Å². The Labute approximate surface area is 312 Å². The van der Waals surface area contributed by atoms with Crippen LogP contribution in [0, 0.1) is 27.7 Å². The molecule has 0 N–H and O–H groups in total. The Morgan fingerprint density at radius 3 is 0.824 bits per heavy atom. The van der Waals surface area contributed by atoms with Crippen LogP contribution in [0.15, 0.2) is 72.8 Å². The van der Waals surface area contributed by atoms with Gasteiger partial charge in [-0.2, -0.15) is 0 Å². The number of benzene rings is 4. The number of ether oxygens (including phenoxy) is 4. The average molecular weight is 725 g/mol. The van der Waals surface area contributed by atoms with E-state index >= 15 is 0 Å². The third-order valence-corrected chi connectivity index (χ3v) is 14.0. The van der Waals surface area contributed by atoms with Gasteiger partial charge < -0.3 is 23.1 Å². The third-order valence-electron chi connectivity index (χ3n) is 8.75. The standard InChI is InChI=1S/C44H60O5Si2/c1-9-13-25-45-37-29-33(5)17-21-41(37)50(42-22-18-34(6)30-38(42)46-26-14-10-2)49-51(43-23-19-35(7)31-39(43)47-27-15-11-3)44-24-20-36(8)32-40(44)48-28-16-12-4/h17-24,29-32H,9-16,25-28H2,1-8H3. The average Bonchev–Trinajstić information content (AvgIpc) is 3.11. The molecule has 7 heteroatoms. The lowest BCUT2D eigenvalue weighted by molar-refractivity contribution is 0.309. The van der Waals surface area contributed by atoms with Gasteiger partial charge in [-0.25, -0.2) is 0 Å². The summed E-state index contributed by atoms with van der Waals surface area (Å²) >= 11 is 0. The first-order valence-corrected chi connectivity index (χ1v) is 22.0. The summed E-state index contributed by atoms with van der Waals surface area (Å²) in [6.45, 7) is 19.9. The molecule has 0 saturated heterocycles. The van der Waals surface area contributed by atoms with Crippen LogP contribution in [-0.4, -0.2) is 44.5 Å². The van der Waals surface area contributed by atoms with Gasteiger partial charge in [0.25, 0.3) is 18.1 Å². The third kappa shape index (κ3) is 11.7. The van der Waals surface area contributed by atoms with Crippen LogP contribution in [-0.2, 0) is 4.12 Å². The van der Waals surface area contributed by atoms with Gasteiger partial charge in [-0.15, -0.1) is 0 Å². The molecular weight excluding hydrogens is 665 g/mol. The lowest BCUT2D eigenvalue weighted by Crippen LogP contribution is -2.57. The van der Waals surface area contributed by atoms with Crippen molar-refractivity contribution in [1.29, 1.82) is 0 Å². The molecular formula is C44H60O5Si2. The molecule has 0 aliphatic carbocycles. The molecule has 0 aliphatic heterocycles. The summed E-state index contributed by atoms with van der Waals surface area (Å²) in [4.78, 5) is 0. The van der Waals surface area contributed by atoms with Gasteiger partial charge in [0.2, 0.25) is 0 Å². The largest absolute Gasteiger partial charge is 0.494 e. The number of unbranched alkanes of at least 4 members (excludes halogenated alkanes) is 4. The summed E-state index contributed by atoms with van der Waals surface area (Å²) in [5, 5.41) is 4.37. The zero-order valence-corrected chi connectivity index (χ0v) is 34.5. The zero-order chi connectivity index (χ0) is 36.6. The van der Waals surface area contributed by atoms with Crippen molar-refractivity contribution < 1.29 is 23.1 Å². The molecule has 4 aromatic rings. The highest BCUT2D eigenvalue weighted by atomic mass is 28.4. The topological polar surface area (TPSA) is 46.2 Å². The minimum absolute atomic E-state index is 0.661. The maximum Gasteiger partial charge on any atom is 0.280 e. The van der Waals surface area contributed by atoms with E-state index in [2.05, 4.69) is 128 Å². The summed E-state index contributed by atoms with van der Waals surface area (Å²) in [6, 6.07) is 26.3. The quantitative estimate of drug-likeness (QED) is 0.0601. The second-order valence-corrected chi connectivity index (χ2v) is 17.9. The smallest absolute Gasteiger partial charge is 0.280 e. The lowest BCUT2D eigenvalue weighted by Gasteiger charge is -2.28. The summed E-state index contributed by atoms with van der Waals surface area (Å²) in [7, 11) is -3.95. The molecule has 0 amide bonds. The fourth-order valence-corrected chi connectivity index (χ4v) is 11.2. The molecule has 0 bridgehead atoms. The number of rotatable bonds is 22. The van der Waals surface area contributed by atoms with Gasteiger partial charge in [-0.05, 0) is 99.9 Å². The van der Waals surface area contributed by atoms with Crippen LogP contribution >= 0.6 is 0 Å². The van der Waals surface area contributed by atoms with E-state index in [0.29, 0.717) is 26.4 Å². The van der Waals surface area contributed by atoms with Crippen LogP contribution in [0.4, 0.5) is 0 Å². The SMILES string of the molecule is CCCCOc1cc(C)ccc1[Si](O[Si](c1ccc(C)cc1OCCCC)c1ccc(C)cc1OCCCC)c1ccc(C)cc1OCCCC. The lowest BCUT2D eigenvalue weighted by atomic mass is 10.2. The van der Waals surface area contributed by atoms with Crippen LogP contribution in [0.2, 0.25) is 0 Å². The predicted octanol–water partition coefficient (Wildman–Crippen LogP) is 8.56. The molecule has 0 aliphatic rings. The highest BCUT2D eigenvalue weighted by Crippen LogP contribution is 2.22. The van der Waals surface area contributed by atoms with E-state index in [1.54, 1.807) is 0 Å². The van der Waals surface area contributed by atoms with E-state index in [0.717, 1.165) is 117 Å². The summed E-state index contributed by atoms with van der Waals surface area (Å²) in [5.41, 5.74) is 4.65. The van der Waals surface area contributed by atoms with Crippen molar-refractivity contribution in [2.75, 3.05) is 26.4 Å². The Morgan fingerprint density at radius 2 is 0.608 bits per heavy atom. The molecule has 0 atom stereocenters. The van der Waals surface area contributed by atoms with E-state index in [4.69, 9.17) is 23.1 Å². The number of hydrogen-bond acceptors (Lipinski definition) is 5. The van der Waals surface area contributed by atoms with Gasteiger partial charge >= 0.3 is 0 Å². The van der Waals surface area contributed by atoms with Crippen molar-refractivity contribution in [2.45, 2.75) is 107 Å². The van der Waals surface area contributed by atoms with Crippen molar-refractivity contribution in [3.05, 3.63) is 95.1 Å². The normalized spacial score (nSPS) is 11.3. The van der Waals surface area contributed by atoms with Gasteiger partial charge in [-0.3, -0.25) is 0 Å². The second kappa shape index (κ2) is 21.1. The summed E-state index contributed by atoms with van der Waals surface area (Å²) in [5.74, 6) is 3.58. The van der Waals surface area contributed by atoms with Crippen LogP contribution in [0.3, 0.4) is 0 Å². The number of aryl methyl sites for hydroxylation is 4. The van der Waals surface area contributed by atoms with E-state index in [-0.39, 0.29) is 0 Å². The maximum absolute atomic E-state index is 7.83. The zero-order valence-electron chi connectivity index (χ0n) is 32.5. The Balaban J connectivity index is 1.99. The van der Waals surface area contributed by atoms with E-state index in [1.807, 2.05) is 0 Å². The molecule has 4 rings (SSSR count). The van der Waals surface area contributed by atoms with Crippen LogP contribution in [0.25, 0.3) is 0 Å². The molecule has 0 heterocycles. The molecule has 0 aromatic heterocycles. The molecule has 2 radical (unpaired) electrons. The van der Waals surface area contributed by atoms with Crippen LogP contribution < -0.4 is 39.7 Å². The van der Waals surface area contributed by atoms with Gasteiger partial charge in [0.05, 0.1) is 26.4 Å². The van der Waals surface area contributed by atoms with Gasteiger partial charge in [0.15, 0.2) is 0 Å². The van der Waals surface area contributed by atoms with Crippen LogP contribution in [0.5, 0.6) is 23.0 Å². The highest BCUT2D eigenvalue weighted by molar-refractivity contribution is 6.93. The highest BCUT2D eigenvalue weighted by Gasteiger charge is 2.35. The van der Waals surface area contributed by atoms with Gasteiger partial charge in [-0.1, -0.05) is 102 Å². The van der Waals surface area contributed by atoms with E-state index < -0.39 is 18.1 Å². The maximum atomic E-state index is 7.83. The summed E-state index contributed by atoms with van der Waals surface area (Å²) in [6.07, 6.45) is 8.24. The first kappa shape index (κ1) is 40.2. The minimum atomic E-state index is -1.98. The Hall–Kier alpha value is -3.53. The van der Waals surface area contributed by atoms with Crippen LogP contribution in [0.1, 0.15) is 101 Å². The number of hydrogen-bond donors (Lipinski definition) is 0. The molecule has 4 aromatic carbocycles. The van der Waals surface area contributed by atoms with Crippen molar-refractivity contribution in [3.8, 4) is 23.0 Å². The molecule has 0 fully saturated rings. The molecule has 0 unspecified atom stereocenters. The van der Waals surface area contributed by atoms with Crippen molar-refractivity contribution in [3.63, 3.8) is 0 Å². The first-order valence-electron chi connectivity index (χ1n) is 19.2. The fourth-order valence-electron chi connectivity index (χ4n) is 5.66. The van der Waals surface area contributed by atoms with Crippen molar-refractivity contribution >= 4 is 38.8 Å². The Bertz CT molecular complexity index is 1420. The Morgan fingerprint density at radius 1 is 0.373 bits per heavy atom. The van der Waals surface area contributed by atoms with Crippen molar-refractivity contribution in [2.24, 2.45) is 0 Å². The molecule has 0 spiro atoms. The monoisotopic (exact) mass is 724 g/mol. The van der Waals surface area contributed by atoms with Crippen molar-refractivity contribution in [1.82, 2.24) is 0 Å². The molecule has 274 valence electrons. The van der Waals surface area contributed by atoms with E-state index in [1.165, 1.54) is 0 Å². The summed E-state index contributed by atoms with van der Waals surface area (Å²) < 4.78 is 34.2. The Kier molecular flexibility index (Phi) is 16.7. The second-order valence-electron chi connectivity index (χ2n) is 13.6. The molecule has 51 heavy (non-hydrogen) atoms. The molecule has 0 saturated carbocycles. The minimum Gasteiger partial charge on any atom is -0.494 e. The molecule has 5 nitrogen and oxygen atoms in total.